The van der Waals surface area contributed by atoms with E-state index in [-0.39, 0.29) is 44.1 Å². The zero-order chi connectivity index (χ0) is 38.3. The molecule has 0 radical (unpaired) electrons. The third-order valence-electron chi connectivity index (χ3n) is 10.5. The Bertz CT molecular complexity index is 1780. The van der Waals surface area contributed by atoms with E-state index in [0.717, 1.165) is 16.7 Å². The molecular weight excluding hydrogens is 712 g/mol. The van der Waals surface area contributed by atoms with E-state index in [1.807, 2.05) is 105 Å². The van der Waals surface area contributed by atoms with E-state index in [9.17, 15) is 14.7 Å². The molecule has 2 amide bonds. The van der Waals surface area contributed by atoms with Crippen molar-refractivity contribution < 1.29 is 57.3 Å². The summed E-state index contributed by atoms with van der Waals surface area (Å²) in [6, 6.07) is 28.3. The summed E-state index contributed by atoms with van der Waals surface area (Å²) in [6.07, 6.45) is -4.71. The van der Waals surface area contributed by atoms with Crippen molar-refractivity contribution in [2.24, 2.45) is 0 Å². The van der Waals surface area contributed by atoms with Crippen LogP contribution >= 0.6 is 0 Å². The Labute approximate surface area is 320 Å². The zero-order valence-electron chi connectivity index (χ0n) is 31.3. The number of likely N-dealkylation sites (tertiary alicyclic amines) is 2. The van der Waals surface area contributed by atoms with Gasteiger partial charge in [0.2, 0.25) is 0 Å². The number of nitrogens with zero attached hydrogens (tertiary/aromatic N) is 2. The molecule has 14 heteroatoms. The van der Waals surface area contributed by atoms with E-state index in [1.165, 1.54) is 4.90 Å². The summed E-state index contributed by atoms with van der Waals surface area (Å²) in [7, 11) is 0. The van der Waals surface area contributed by atoms with E-state index >= 15 is 0 Å². The van der Waals surface area contributed by atoms with Crippen LogP contribution in [0.3, 0.4) is 0 Å². The monoisotopic (exact) mass is 760 g/mol. The smallest absolute Gasteiger partial charge is 0.410 e. The summed E-state index contributed by atoms with van der Waals surface area (Å²) >= 11 is 0. The third kappa shape index (κ3) is 8.09. The minimum Gasteiger partial charge on any atom is -0.445 e. The summed E-state index contributed by atoms with van der Waals surface area (Å²) in [4.78, 5) is 28.7. The Morgan fingerprint density at radius 2 is 1.02 bits per heavy atom. The molecule has 0 aromatic heterocycles. The summed E-state index contributed by atoms with van der Waals surface area (Å²) < 4.78 is 52.6. The summed E-state index contributed by atoms with van der Waals surface area (Å²) in [5.41, 5.74) is 2.91. The van der Waals surface area contributed by atoms with Crippen LogP contribution in [0.2, 0.25) is 0 Å². The summed E-state index contributed by atoms with van der Waals surface area (Å²) in [5.74, 6) is -1.53. The topological polar surface area (TPSA) is 144 Å². The van der Waals surface area contributed by atoms with Crippen LogP contribution in [0.15, 0.2) is 91.0 Å². The maximum atomic E-state index is 13.0. The molecule has 3 aromatic carbocycles. The van der Waals surface area contributed by atoms with Crippen molar-refractivity contribution in [1.29, 1.82) is 0 Å². The molecule has 0 bridgehead atoms. The lowest BCUT2D eigenvalue weighted by Crippen LogP contribution is -2.46. The highest BCUT2D eigenvalue weighted by molar-refractivity contribution is 5.69. The molecule has 6 aliphatic heterocycles. The van der Waals surface area contributed by atoms with Crippen molar-refractivity contribution in [2.45, 2.75) is 120 Å². The van der Waals surface area contributed by atoms with Gasteiger partial charge in [-0.05, 0) is 44.4 Å². The number of fused-ring (bicyclic) bond motifs is 6. The summed E-state index contributed by atoms with van der Waals surface area (Å²) in [6.45, 7) is 8.66. The number of benzene rings is 3. The van der Waals surface area contributed by atoms with Gasteiger partial charge >= 0.3 is 12.2 Å². The highest BCUT2D eigenvalue weighted by atomic mass is 16.8. The van der Waals surface area contributed by atoms with Gasteiger partial charge in [0, 0.05) is 0 Å². The first-order valence-corrected chi connectivity index (χ1v) is 18.8. The number of aliphatic hydroxyl groups is 1. The fourth-order valence-corrected chi connectivity index (χ4v) is 8.14. The number of rotatable bonds is 7. The van der Waals surface area contributed by atoms with E-state index in [0.29, 0.717) is 13.2 Å². The second kappa shape index (κ2) is 15.4. The standard InChI is InChI=1S/C24H27NO6.C17H21NO6/c1-24(2)30-21-19-20(29-22(21)31-24)18(27-14-16-9-5-3-6-10-16)13-25(19)23(26)28-15-17-11-7-4-8-12-17;1-17(2)23-14-12-13(22-15(14)24-17)11(19)8-18(12)16(20)21-9-10-6-4-3-5-7-10/h3-12,18-22H,13-15H2,1-2H3;3-7,11-15,19H,8-9H2,1-2H3/t18-,19+,20-,21-,22-;11-,12+,13-,14-,15-/m11/s1. The lowest BCUT2D eigenvalue weighted by atomic mass is 10.1. The lowest BCUT2D eigenvalue weighted by Gasteiger charge is -2.27. The van der Waals surface area contributed by atoms with Crippen LogP contribution in [0.4, 0.5) is 9.59 Å². The van der Waals surface area contributed by atoms with Crippen LogP contribution < -0.4 is 0 Å². The van der Waals surface area contributed by atoms with Crippen molar-refractivity contribution in [2.75, 3.05) is 13.1 Å². The van der Waals surface area contributed by atoms with Crippen LogP contribution in [0.5, 0.6) is 0 Å². The maximum Gasteiger partial charge on any atom is 0.410 e. The molecule has 6 aliphatic rings. The maximum absolute atomic E-state index is 13.0. The number of hydrogen-bond donors (Lipinski definition) is 1. The minimum absolute atomic E-state index is 0.163. The minimum atomic E-state index is -0.778. The molecule has 6 heterocycles. The van der Waals surface area contributed by atoms with Gasteiger partial charge in [-0.3, -0.25) is 9.80 Å². The number of β-amino-alcohol motifs (C(OH)–C–C–N with tert-alkyl or cyclic N) is 1. The molecule has 0 unspecified atom stereocenters. The van der Waals surface area contributed by atoms with Crippen LogP contribution in [0, 0.1) is 0 Å². The van der Waals surface area contributed by atoms with E-state index < -0.39 is 60.7 Å². The number of aliphatic hydroxyl groups excluding tert-OH is 1. The van der Waals surface area contributed by atoms with Gasteiger partial charge in [-0.15, -0.1) is 0 Å². The van der Waals surface area contributed by atoms with Crippen LogP contribution in [0.25, 0.3) is 0 Å². The predicted molar refractivity (Wildman–Crippen MR) is 193 cm³/mol. The van der Waals surface area contributed by atoms with Crippen LogP contribution in [0.1, 0.15) is 44.4 Å². The average Bonchev–Trinajstić information content (AvgIpc) is 3.99. The Hall–Kier alpha value is -4.12. The Morgan fingerprint density at radius 3 is 1.51 bits per heavy atom. The summed E-state index contributed by atoms with van der Waals surface area (Å²) in [5, 5.41) is 10.2. The Kier molecular flexibility index (Phi) is 10.6. The molecule has 6 saturated heterocycles. The van der Waals surface area contributed by atoms with Crippen molar-refractivity contribution in [3.63, 3.8) is 0 Å². The van der Waals surface area contributed by atoms with E-state index in [4.69, 9.17) is 42.6 Å². The van der Waals surface area contributed by atoms with Gasteiger partial charge in [0.05, 0.1) is 31.8 Å². The van der Waals surface area contributed by atoms with Gasteiger partial charge < -0.3 is 47.7 Å². The SMILES string of the molecule is CC1(C)O[C@H]2O[C@H]3[C@@H]([C@H]2O1)N(C(=O)OCc1ccccc1)C[C@H]3O.CC1(C)O[C@H]2O[C@H]3[C@@H]([C@H]2O1)N(C(=O)OCc1ccccc1)C[C@H]3OCc1ccccc1. The van der Waals surface area contributed by atoms with Gasteiger partial charge in [-0.1, -0.05) is 91.0 Å². The van der Waals surface area contributed by atoms with Gasteiger partial charge in [0.15, 0.2) is 24.2 Å². The van der Waals surface area contributed by atoms with Crippen molar-refractivity contribution >= 4 is 12.2 Å². The molecule has 294 valence electrons. The fraction of sp³-hybridized carbons (Fsp3) is 0.512. The van der Waals surface area contributed by atoms with Gasteiger partial charge in [-0.2, -0.15) is 0 Å². The molecule has 0 aliphatic carbocycles. The first-order chi connectivity index (χ1) is 26.4. The Morgan fingerprint density at radius 1 is 0.600 bits per heavy atom. The predicted octanol–water partition coefficient (Wildman–Crippen LogP) is 4.71. The second-order valence-electron chi connectivity index (χ2n) is 15.4. The van der Waals surface area contributed by atoms with Crippen LogP contribution in [-0.4, -0.2) is 113 Å². The average molecular weight is 761 g/mol. The molecule has 14 nitrogen and oxygen atoms in total. The molecule has 1 N–H and O–H groups in total. The molecule has 3 aromatic rings. The molecule has 0 spiro atoms. The molecule has 55 heavy (non-hydrogen) atoms. The highest BCUT2D eigenvalue weighted by Crippen LogP contribution is 2.45. The van der Waals surface area contributed by atoms with Crippen molar-refractivity contribution in [1.82, 2.24) is 9.80 Å². The highest BCUT2D eigenvalue weighted by Gasteiger charge is 2.64. The number of amides is 2. The second-order valence-corrected chi connectivity index (χ2v) is 15.4. The third-order valence-corrected chi connectivity index (χ3v) is 10.5. The molecule has 0 saturated carbocycles. The normalized spacial score (nSPS) is 33.3. The van der Waals surface area contributed by atoms with E-state index in [1.54, 1.807) is 18.7 Å². The number of carbonyl (C=O) groups excluding carboxylic acids is 2. The first-order valence-electron chi connectivity index (χ1n) is 18.8. The molecular formula is C41H48N2O12. The van der Waals surface area contributed by atoms with Crippen molar-refractivity contribution in [3.8, 4) is 0 Å². The van der Waals surface area contributed by atoms with Crippen molar-refractivity contribution in [3.05, 3.63) is 108 Å². The van der Waals surface area contributed by atoms with Gasteiger partial charge in [0.25, 0.3) is 0 Å². The first kappa shape index (κ1) is 37.8. The quantitative estimate of drug-likeness (QED) is 0.356. The zero-order valence-corrected chi connectivity index (χ0v) is 31.3. The van der Waals surface area contributed by atoms with E-state index in [2.05, 4.69) is 0 Å². The van der Waals surface area contributed by atoms with Crippen LogP contribution in [-0.2, 0) is 62.5 Å². The largest absolute Gasteiger partial charge is 0.445 e. The Balaban J connectivity index is 0.000000160. The number of carbonyl (C=O) groups is 2. The number of hydrogen-bond acceptors (Lipinski definition) is 12. The molecule has 10 atom stereocenters. The lowest BCUT2D eigenvalue weighted by molar-refractivity contribution is -0.215. The fourth-order valence-electron chi connectivity index (χ4n) is 8.14. The molecule has 6 fully saturated rings. The van der Waals surface area contributed by atoms with Gasteiger partial charge in [-0.25, -0.2) is 9.59 Å². The van der Waals surface area contributed by atoms with Gasteiger partial charge in [0.1, 0.15) is 49.8 Å². The number of ether oxygens (including phenoxy) is 9. The molecule has 9 rings (SSSR count).